The first kappa shape index (κ1) is 15.0. The number of amides is 1. The average molecular weight is 318 g/mol. The highest BCUT2D eigenvalue weighted by Crippen LogP contribution is 2.16. The van der Waals surface area contributed by atoms with Gasteiger partial charge >= 0.3 is 0 Å². The highest BCUT2D eigenvalue weighted by Gasteiger charge is 2.13. The fraction of sp³-hybridized carbons (Fsp3) is 0.133. The molecule has 3 rings (SSSR count). The van der Waals surface area contributed by atoms with E-state index in [-0.39, 0.29) is 12.1 Å². The Morgan fingerprint density at radius 3 is 2.70 bits per heavy atom. The zero-order chi connectivity index (χ0) is 16.4. The lowest BCUT2D eigenvalue weighted by molar-refractivity contribution is 0.0916. The SMILES string of the molecule is O=C(NCC(O)c1ccc(F)c(F)c1)c1ccc2n[nH]nc2c1. The number of halogens is 2. The predicted molar refractivity (Wildman–Crippen MR) is 77.5 cm³/mol. The van der Waals surface area contributed by atoms with Gasteiger partial charge in [0, 0.05) is 12.1 Å². The molecule has 1 amide bonds. The molecule has 0 aliphatic heterocycles. The molecule has 23 heavy (non-hydrogen) atoms. The van der Waals surface area contributed by atoms with Crippen molar-refractivity contribution in [3.63, 3.8) is 0 Å². The predicted octanol–water partition coefficient (Wildman–Crippen LogP) is 1.70. The number of hydrogen-bond donors (Lipinski definition) is 3. The van der Waals surface area contributed by atoms with Crippen LogP contribution in [0.1, 0.15) is 22.0 Å². The summed E-state index contributed by atoms with van der Waals surface area (Å²) in [5, 5.41) is 22.7. The fourth-order valence-electron chi connectivity index (χ4n) is 2.11. The van der Waals surface area contributed by atoms with Gasteiger partial charge in [0.2, 0.25) is 0 Å². The van der Waals surface area contributed by atoms with Gasteiger partial charge in [-0.1, -0.05) is 6.07 Å². The maximum atomic E-state index is 13.1. The van der Waals surface area contributed by atoms with Crippen molar-refractivity contribution in [3.8, 4) is 0 Å². The number of fused-ring (bicyclic) bond motifs is 1. The van der Waals surface area contributed by atoms with Crippen LogP contribution < -0.4 is 5.32 Å². The number of carbonyl (C=O) groups excluding carboxylic acids is 1. The van der Waals surface area contributed by atoms with E-state index in [9.17, 15) is 18.7 Å². The third-order valence-corrected chi connectivity index (χ3v) is 3.36. The lowest BCUT2D eigenvalue weighted by Gasteiger charge is -2.12. The van der Waals surface area contributed by atoms with Crippen molar-refractivity contribution in [1.82, 2.24) is 20.7 Å². The summed E-state index contributed by atoms with van der Waals surface area (Å²) in [5.41, 5.74) is 1.70. The summed E-state index contributed by atoms with van der Waals surface area (Å²) in [6, 6.07) is 7.85. The molecule has 0 aliphatic rings. The van der Waals surface area contributed by atoms with Crippen LogP contribution >= 0.6 is 0 Å². The molecule has 6 nitrogen and oxygen atoms in total. The minimum Gasteiger partial charge on any atom is -0.387 e. The number of nitrogens with one attached hydrogen (secondary N) is 2. The quantitative estimate of drug-likeness (QED) is 0.683. The van der Waals surface area contributed by atoms with Crippen LogP contribution in [0.25, 0.3) is 11.0 Å². The van der Waals surface area contributed by atoms with Gasteiger partial charge in [-0.3, -0.25) is 4.79 Å². The van der Waals surface area contributed by atoms with Gasteiger partial charge in [0.1, 0.15) is 11.0 Å². The largest absolute Gasteiger partial charge is 0.387 e. The van der Waals surface area contributed by atoms with Gasteiger partial charge in [-0.05, 0) is 35.9 Å². The highest BCUT2D eigenvalue weighted by atomic mass is 19.2. The van der Waals surface area contributed by atoms with Gasteiger partial charge in [-0.15, -0.1) is 0 Å². The van der Waals surface area contributed by atoms with Crippen molar-refractivity contribution in [3.05, 3.63) is 59.2 Å². The molecule has 0 aliphatic carbocycles. The molecule has 0 saturated heterocycles. The Morgan fingerprint density at radius 1 is 1.13 bits per heavy atom. The molecule has 8 heteroatoms. The Bertz CT molecular complexity index is 866. The number of rotatable bonds is 4. The Kier molecular flexibility index (Phi) is 3.98. The molecule has 1 atom stereocenters. The number of aliphatic hydroxyl groups is 1. The molecule has 2 aromatic carbocycles. The normalized spacial score (nSPS) is 12.3. The summed E-state index contributed by atoms with van der Waals surface area (Å²) in [7, 11) is 0. The molecule has 1 unspecified atom stereocenters. The number of hydrogen-bond acceptors (Lipinski definition) is 4. The first-order chi connectivity index (χ1) is 11.0. The summed E-state index contributed by atoms with van der Waals surface area (Å²) in [4.78, 5) is 12.1. The van der Waals surface area contributed by atoms with E-state index in [2.05, 4.69) is 20.7 Å². The average Bonchev–Trinajstić information content (AvgIpc) is 3.02. The van der Waals surface area contributed by atoms with Crippen molar-refractivity contribution < 1.29 is 18.7 Å². The summed E-state index contributed by atoms with van der Waals surface area (Å²) in [6.07, 6.45) is -1.15. The summed E-state index contributed by atoms with van der Waals surface area (Å²) < 4.78 is 26.0. The molecule has 0 radical (unpaired) electrons. The third-order valence-electron chi connectivity index (χ3n) is 3.36. The van der Waals surface area contributed by atoms with Gasteiger partial charge in [0.15, 0.2) is 11.6 Å². The summed E-state index contributed by atoms with van der Waals surface area (Å²) >= 11 is 0. The van der Waals surface area contributed by atoms with Gasteiger partial charge in [0.05, 0.1) is 6.10 Å². The number of benzene rings is 2. The second-order valence-corrected chi connectivity index (χ2v) is 4.93. The molecule has 118 valence electrons. The van der Waals surface area contributed by atoms with Crippen molar-refractivity contribution in [1.29, 1.82) is 0 Å². The van der Waals surface area contributed by atoms with Crippen LogP contribution in [0.2, 0.25) is 0 Å². The van der Waals surface area contributed by atoms with Gasteiger partial charge < -0.3 is 10.4 Å². The Balaban J connectivity index is 1.66. The molecule has 1 heterocycles. The maximum Gasteiger partial charge on any atom is 0.251 e. The van der Waals surface area contributed by atoms with Crippen LogP contribution in [-0.2, 0) is 0 Å². The van der Waals surface area contributed by atoms with Gasteiger partial charge in [0.25, 0.3) is 5.91 Å². The molecule has 3 N–H and O–H groups in total. The molecule has 0 spiro atoms. The van der Waals surface area contributed by atoms with Gasteiger partial charge in [-0.25, -0.2) is 8.78 Å². The molecule has 3 aromatic rings. The third kappa shape index (κ3) is 3.16. The number of aromatic nitrogens is 3. The Hall–Kier alpha value is -2.87. The van der Waals surface area contributed by atoms with E-state index in [4.69, 9.17) is 0 Å². The van der Waals surface area contributed by atoms with E-state index in [0.29, 0.717) is 16.6 Å². The van der Waals surface area contributed by atoms with Crippen molar-refractivity contribution in [2.45, 2.75) is 6.10 Å². The van der Waals surface area contributed by atoms with Crippen molar-refractivity contribution in [2.24, 2.45) is 0 Å². The second kappa shape index (κ2) is 6.09. The number of aromatic amines is 1. The molecule has 0 bridgehead atoms. The molecular weight excluding hydrogens is 306 g/mol. The summed E-state index contributed by atoms with van der Waals surface area (Å²) in [5.74, 6) is -2.47. The Morgan fingerprint density at radius 2 is 1.91 bits per heavy atom. The van der Waals surface area contributed by atoms with Gasteiger partial charge in [-0.2, -0.15) is 15.4 Å². The zero-order valence-electron chi connectivity index (χ0n) is 11.8. The molecule has 0 saturated carbocycles. The number of carbonyl (C=O) groups is 1. The van der Waals surface area contributed by atoms with E-state index in [1.165, 1.54) is 6.07 Å². The first-order valence-electron chi connectivity index (χ1n) is 6.76. The van der Waals surface area contributed by atoms with E-state index in [0.717, 1.165) is 12.1 Å². The maximum absolute atomic E-state index is 13.1. The minimum absolute atomic E-state index is 0.138. The highest BCUT2D eigenvalue weighted by molar-refractivity contribution is 5.97. The number of nitrogens with zero attached hydrogens (tertiary/aromatic N) is 2. The van der Waals surface area contributed by atoms with E-state index in [1.807, 2.05) is 0 Å². The number of aliphatic hydroxyl groups excluding tert-OH is 1. The van der Waals surface area contributed by atoms with Crippen molar-refractivity contribution in [2.75, 3.05) is 6.54 Å². The van der Waals surface area contributed by atoms with Crippen LogP contribution in [-0.4, -0.2) is 33.0 Å². The van der Waals surface area contributed by atoms with E-state index in [1.54, 1.807) is 18.2 Å². The van der Waals surface area contributed by atoms with Crippen LogP contribution in [0.15, 0.2) is 36.4 Å². The van der Waals surface area contributed by atoms with Crippen LogP contribution in [0.3, 0.4) is 0 Å². The zero-order valence-corrected chi connectivity index (χ0v) is 11.8. The molecular formula is C15H12F2N4O2. The monoisotopic (exact) mass is 318 g/mol. The molecule has 0 fully saturated rings. The second-order valence-electron chi connectivity index (χ2n) is 4.93. The van der Waals surface area contributed by atoms with Crippen LogP contribution in [0, 0.1) is 11.6 Å². The number of H-pyrrole nitrogens is 1. The molecule has 1 aromatic heterocycles. The standard InChI is InChI=1S/C15H12F2N4O2/c16-10-3-1-8(5-11(10)17)14(22)7-18-15(23)9-2-4-12-13(6-9)20-21-19-12/h1-6,14,22H,7H2,(H,18,23)(H,19,20,21). The fourth-order valence-corrected chi connectivity index (χ4v) is 2.11. The van der Waals surface area contributed by atoms with Crippen LogP contribution in [0.5, 0.6) is 0 Å². The lowest BCUT2D eigenvalue weighted by atomic mass is 10.1. The topological polar surface area (TPSA) is 90.9 Å². The Labute approximate surface area is 129 Å². The minimum atomic E-state index is -1.15. The van der Waals surface area contributed by atoms with Crippen molar-refractivity contribution >= 4 is 16.9 Å². The van der Waals surface area contributed by atoms with E-state index < -0.39 is 23.6 Å². The lowest BCUT2D eigenvalue weighted by Crippen LogP contribution is -2.28. The van der Waals surface area contributed by atoms with Crippen LogP contribution in [0.4, 0.5) is 8.78 Å². The smallest absolute Gasteiger partial charge is 0.251 e. The summed E-state index contributed by atoms with van der Waals surface area (Å²) in [6.45, 7) is -0.138. The first-order valence-corrected chi connectivity index (χ1v) is 6.76. The van der Waals surface area contributed by atoms with E-state index >= 15 is 0 Å².